The Morgan fingerprint density at radius 2 is 1.90 bits per heavy atom. The van der Waals surface area contributed by atoms with Crippen molar-refractivity contribution in [3.05, 3.63) is 47.7 Å². The van der Waals surface area contributed by atoms with Crippen molar-refractivity contribution in [3.63, 3.8) is 0 Å². The molecule has 1 saturated heterocycles. The van der Waals surface area contributed by atoms with E-state index in [2.05, 4.69) is 21.3 Å². The average molecular weight is 439 g/mol. The van der Waals surface area contributed by atoms with Crippen LogP contribution in [0.3, 0.4) is 0 Å². The molecule has 1 aliphatic rings. The van der Waals surface area contributed by atoms with Crippen LogP contribution in [0.4, 0.5) is 11.4 Å². The van der Waals surface area contributed by atoms with E-state index in [9.17, 15) is 14.9 Å². The molecule has 1 atom stereocenters. The number of carbonyl (C=O) groups excluding carboxylic acids is 2. The van der Waals surface area contributed by atoms with E-state index < -0.39 is 11.2 Å². The van der Waals surface area contributed by atoms with Gasteiger partial charge in [0.2, 0.25) is 5.91 Å². The van der Waals surface area contributed by atoms with Crippen LogP contribution in [0.1, 0.15) is 49.2 Å². The summed E-state index contributed by atoms with van der Waals surface area (Å²) in [4.78, 5) is 31.2. The summed E-state index contributed by atoms with van der Waals surface area (Å²) in [5.74, 6) is -0.761. The van der Waals surface area contributed by atoms with Crippen LogP contribution in [-0.4, -0.2) is 41.8 Å². The molecule has 3 rings (SSSR count). The van der Waals surface area contributed by atoms with Gasteiger partial charge in [0, 0.05) is 24.5 Å². The van der Waals surface area contributed by atoms with Crippen LogP contribution in [0.5, 0.6) is 0 Å². The molecule has 1 aliphatic heterocycles. The van der Waals surface area contributed by atoms with Crippen LogP contribution >= 0.6 is 11.8 Å². The smallest absolute Gasteiger partial charge is 0.356 e. The molecule has 1 N–H and O–H groups in total. The maximum atomic E-state index is 12.7. The lowest BCUT2D eigenvalue weighted by Gasteiger charge is -2.28. The second kappa shape index (κ2) is 10.8. The summed E-state index contributed by atoms with van der Waals surface area (Å²) in [7, 11) is 0. The highest BCUT2D eigenvalue weighted by atomic mass is 32.2. The minimum Gasteiger partial charge on any atom is -0.461 e. The zero-order valence-electron chi connectivity index (χ0n) is 17.8. The fourth-order valence-corrected chi connectivity index (χ4v) is 4.20. The van der Waals surface area contributed by atoms with E-state index in [4.69, 9.17) is 4.74 Å². The molecule has 2 heterocycles. The summed E-state index contributed by atoms with van der Waals surface area (Å²) in [5.41, 5.74) is 2.30. The van der Waals surface area contributed by atoms with Gasteiger partial charge in [-0.25, -0.2) is 9.78 Å². The summed E-state index contributed by atoms with van der Waals surface area (Å²) >= 11 is 1.14. The number of aromatic nitrogens is 1. The number of nitrogens with zero attached hydrogens (tertiary/aromatic N) is 3. The Morgan fingerprint density at radius 3 is 2.55 bits per heavy atom. The molecule has 2 aromatic rings. The Kier molecular flexibility index (Phi) is 7.90. The predicted molar refractivity (Wildman–Crippen MR) is 121 cm³/mol. The number of benzene rings is 1. The monoisotopic (exact) mass is 438 g/mol. The number of anilines is 2. The standard InChI is InChI=1S/C23H26N4O3S/c1-3-30-23(29)20-12-7-17(15-24)22(26-20)31-16(2)21(28)25-18-8-10-19(11-9-18)27-13-5-4-6-14-27/h7-12,16H,3-6,13-14H2,1-2H3,(H,25,28)/t16-/m1/s1. The summed E-state index contributed by atoms with van der Waals surface area (Å²) in [6.07, 6.45) is 3.71. The number of nitriles is 1. The van der Waals surface area contributed by atoms with E-state index in [0.29, 0.717) is 16.3 Å². The summed E-state index contributed by atoms with van der Waals surface area (Å²) in [5, 5.41) is 12.1. The fourth-order valence-electron chi connectivity index (χ4n) is 3.31. The second-order valence-corrected chi connectivity index (χ2v) is 8.55. The molecule has 0 spiro atoms. The first-order valence-corrected chi connectivity index (χ1v) is 11.3. The lowest BCUT2D eigenvalue weighted by Crippen LogP contribution is -2.29. The number of thioether (sulfide) groups is 1. The maximum absolute atomic E-state index is 12.7. The minimum atomic E-state index is -0.556. The van der Waals surface area contributed by atoms with Gasteiger partial charge in [-0.1, -0.05) is 11.8 Å². The van der Waals surface area contributed by atoms with Gasteiger partial charge in [0.15, 0.2) is 0 Å². The molecule has 0 radical (unpaired) electrons. The van der Waals surface area contributed by atoms with Crippen molar-refractivity contribution < 1.29 is 14.3 Å². The topological polar surface area (TPSA) is 95.3 Å². The third kappa shape index (κ3) is 5.98. The molecular formula is C23H26N4O3S. The molecule has 0 saturated carbocycles. The molecule has 1 fully saturated rings. The highest BCUT2D eigenvalue weighted by Gasteiger charge is 2.20. The van der Waals surface area contributed by atoms with Crippen molar-refractivity contribution in [3.8, 4) is 6.07 Å². The summed E-state index contributed by atoms with van der Waals surface area (Å²) in [6, 6.07) is 12.9. The Labute approximate surface area is 186 Å². The molecule has 31 heavy (non-hydrogen) atoms. The van der Waals surface area contributed by atoms with E-state index in [1.54, 1.807) is 13.8 Å². The Morgan fingerprint density at radius 1 is 1.19 bits per heavy atom. The first-order chi connectivity index (χ1) is 15.0. The van der Waals surface area contributed by atoms with E-state index in [-0.39, 0.29) is 18.2 Å². The lowest BCUT2D eigenvalue weighted by atomic mass is 10.1. The largest absolute Gasteiger partial charge is 0.461 e. The van der Waals surface area contributed by atoms with Crippen molar-refractivity contribution in [2.24, 2.45) is 0 Å². The van der Waals surface area contributed by atoms with Gasteiger partial charge in [0.05, 0.1) is 17.4 Å². The number of hydrogen-bond donors (Lipinski definition) is 1. The minimum absolute atomic E-state index is 0.115. The summed E-state index contributed by atoms with van der Waals surface area (Å²) in [6.45, 7) is 5.82. The van der Waals surface area contributed by atoms with Crippen molar-refractivity contribution >= 4 is 35.0 Å². The number of amides is 1. The zero-order chi connectivity index (χ0) is 22.2. The van der Waals surface area contributed by atoms with Gasteiger partial charge in [0.1, 0.15) is 16.8 Å². The third-order valence-corrected chi connectivity index (χ3v) is 6.08. The molecule has 7 nitrogen and oxygen atoms in total. The van der Waals surface area contributed by atoms with Gasteiger partial charge in [-0.05, 0) is 69.5 Å². The normalized spacial score (nSPS) is 14.4. The molecule has 1 aromatic carbocycles. The SMILES string of the molecule is CCOC(=O)c1ccc(C#N)c(S[C@H](C)C(=O)Nc2ccc(N3CCCCC3)cc2)n1. The number of esters is 1. The third-order valence-electron chi connectivity index (χ3n) is 4.98. The first-order valence-electron chi connectivity index (χ1n) is 10.4. The van der Waals surface area contributed by atoms with Crippen LogP contribution < -0.4 is 10.2 Å². The van der Waals surface area contributed by atoms with Crippen molar-refractivity contribution in [1.29, 1.82) is 5.26 Å². The average Bonchev–Trinajstić information content (AvgIpc) is 2.80. The van der Waals surface area contributed by atoms with Crippen LogP contribution in [-0.2, 0) is 9.53 Å². The Balaban J connectivity index is 1.64. The van der Waals surface area contributed by atoms with E-state index >= 15 is 0 Å². The number of nitrogens with one attached hydrogen (secondary N) is 1. The second-order valence-electron chi connectivity index (χ2n) is 7.23. The van der Waals surface area contributed by atoms with Crippen LogP contribution in [0.2, 0.25) is 0 Å². The lowest BCUT2D eigenvalue weighted by molar-refractivity contribution is -0.115. The van der Waals surface area contributed by atoms with Crippen molar-refractivity contribution in [2.45, 2.75) is 43.4 Å². The van der Waals surface area contributed by atoms with Crippen molar-refractivity contribution in [1.82, 2.24) is 4.98 Å². The Hall–Kier alpha value is -3.05. The van der Waals surface area contributed by atoms with Crippen LogP contribution in [0.15, 0.2) is 41.4 Å². The maximum Gasteiger partial charge on any atom is 0.356 e. The zero-order valence-corrected chi connectivity index (χ0v) is 18.6. The molecule has 1 amide bonds. The number of pyridine rings is 1. The quantitative estimate of drug-likeness (QED) is 0.510. The van der Waals surface area contributed by atoms with E-state index in [1.807, 2.05) is 24.3 Å². The van der Waals surface area contributed by atoms with Crippen LogP contribution in [0.25, 0.3) is 0 Å². The molecule has 1 aromatic heterocycles. The highest BCUT2D eigenvalue weighted by Crippen LogP contribution is 2.27. The number of carbonyl (C=O) groups is 2. The van der Waals surface area contributed by atoms with Crippen LogP contribution in [0, 0.1) is 11.3 Å². The van der Waals surface area contributed by atoms with Gasteiger partial charge in [-0.3, -0.25) is 4.79 Å². The first kappa shape index (κ1) is 22.6. The molecule has 0 aliphatic carbocycles. The molecule has 162 valence electrons. The van der Waals surface area contributed by atoms with Gasteiger partial charge in [-0.2, -0.15) is 5.26 Å². The van der Waals surface area contributed by atoms with Gasteiger partial charge in [0.25, 0.3) is 0 Å². The number of hydrogen-bond acceptors (Lipinski definition) is 7. The van der Waals surface area contributed by atoms with E-state index in [1.165, 1.54) is 37.1 Å². The Bertz CT molecular complexity index is 966. The van der Waals surface area contributed by atoms with Gasteiger partial charge >= 0.3 is 5.97 Å². The number of ether oxygens (including phenoxy) is 1. The molecular weight excluding hydrogens is 412 g/mol. The predicted octanol–water partition coefficient (Wildman–Crippen LogP) is 4.24. The fraction of sp³-hybridized carbons (Fsp3) is 0.391. The van der Waals surface area contributed by atoms with Crippen molar-refractivity contribution in [2.75, 3.05) is 29.9 Å². The summed E-state index contributed by atoms with van der Waals surface area (Å²) < 4.78 is 4.96. The molecule has 8 heteroatoms. The van der Waals surface area contributed by atoms with E-state index in [0.717, 1.165) is 24.9 Å². The number of rotatable bonds is 7. The highest BCUT2D eigenvalue weighted by molar-refractivity contribution is 8.00. The van der Waals surface area contributed by atoms with Gasteiger partial charge in [-0.15, -0.1) is 0 Å². The molecule has 0 bridgehead atoms. The van der Waals surface area contributed by atoms with Gasteiger partial charge < -0.3 is 15.0 Å². The number of piperidine rings is 1. The molecule has 0 unspecified atom stereocenters.